The van der Waals surface area contributed by atoms with E-state index in [-0.39, 0.29) is 11.3 Å². The molecule has 0 atom stereocenters. The van der Waals surface area contributed by atoms with Gasteiger partial charge in [0, 0.05) is 11.4 Å². The van der Waals surface area contributed by atoms with Crippen LogP contribution in [-0.2, 0) is 6.54 Å². The summed E-state index contributed by atoms with van der Waals surface area (Å²) in [5.41, 5.74) is 2.98. The zero-order valence-corrected chi connectivity index (χ0v) is 17.7. The third kappa shape index (κ3) is 2.99. The molecule has 5 nitrogen and oxygen atoms in total. The highest BCUT2D eigenvalue weighted by Crippen LogP contribution is 2.38. The van der Waals surface area contributed by atoms with Crippen molar-refractivity contribution in [3.63, 3.8) is 0 Å². The topological polar surface area (TPSA) is 64.4 Å². The summed E-state index contributed by atoms with van der Waals surface area (Å²) >= 11 is 4.94. The summed E-state index contributed by atoms with van der Waals surface area (Å²) in [6, 6.07) is 3.64. The van der Waals surface area contributed by atoms with Crippen molar-refractivity contribution in [2.45, 2.75) is 33.7 Å². The molecule has 1 aliphatic rings. The van der Waals surface area contributed by atoms with Crippen LogP contribution in [0.15, 0.2) is 21.4 Å². The highest BCUT2D eigenvalue weighted by molar-refractivity contribution is 9.10. The Balaban J connectivity index is 1.85. The number of benzene rings is 1. The molecule has 0 bridgehead atoms. The monoisotopic (exact) mass is 446 g/mol. The van der Waals surface area contributed by atoms with E-state index in [0.29, 0.717) is 23.4 Å². The second kappa shape index (κ2) is 6.80. The molecule has 1 aliphatic heterocycles. The lowest BCUT2D eigenvalue weighted by Gasteiger charge is -2.09. The molecule has 4 rings (SSSR count). The summed E-state index contributed by atoms with van der Waals surface area (Å²) < 4.78 is 7.85. The molecule has 1 aromatic carbocycles. The summed E-state index contributed by atoms with van der Waals surface area (Å²) in [5, 5.41) is 10.8. The Bertz CT molecular complexity index is 1160. The van der Waals surface area contributed by atoms with Crippen molar-refractivity contribution in [3.05, 3.63) is 48.8 Å². The minimum absolute atomic E-state index is 0.0437. The fourth-order valence-corrected chi connectivity index (χ4v) is 4.88. The number of allylic oxidation sites excluding steroid dienone is 1. The number of rotatable bonds is 3. The van der Waals surface area contributed by atoms with E-state index in [2.05, 4.69) is 15.9 Å². The molecule has 0 fully saturated rings. The first-order chi connectivity index (χ1) is 12.9. The van der Waals surface area contributed by atoms with Gasteiger partial charge in [-0.1, -0.05) is 0 Å². The lowest BCUT2D eigenvalue weighted by molar-refractivity contribution is 0.317. The quantitative estimate of drug-likeness (QED) is 0.621. The number of halogens is 1. The number of hydrogen-bond acceptors (Lipinski definition) is 5. The number of nitrogens with zero attached hydrogens (tertiary/aromatic N) is 2. The molecule has 3 heterocycles. The Hall–Kier alpha value is -2.12. The lowest BCUT2D eigenvalue weighted by Crippen LogP contribution is -2.20. The van der Waals surface area contributed by atoms with Crippen molar-refractivity contribution in [3.8, 4) is 11.5 Å². The van der Waals surface area contributed by atoms with Crippen LogP contribution in [0.5, 0.6) is 11.5 Å². The van der Waals surface area contributed by atoms with E-state index >= 15 is 0 Å². The normalized spacial score (nSPS) is 14.9. The van der Waals surface area contributed by atoms with Gasteiger partial charge in [-0.15, -0.1) is 11.3 Å². The Morgan fingerprint density at radius 2 is 2.19 bits per heavy atom. The minimum atomic E-state index is 0.0437. The van der Waals surface area contributed by atoms with Gasteiger partial charge in [0.25, 0.3) is 5.56 Å². The second-order valence-electron chi connectivity index (χ2n) is 6.56. The van der Waals surface area contributed by atoms with Crippen molar-refractivity contribution >= 4 is 49.1 Å². The van der Waals surface area contributed by atoms with E-state index in [1.54, 1.807) is 22.0 Å². The maximum absolute atomic E-state index is 12.9. The molecule has 0 saturated carbocycles. The molecule has 0 aliphatic carbocycles. The summed E-state index contributed by atoms with van der Waals surface area (Å²) in [6.45, 7) is 6.98. The number of thiophene rings is 1. The van der Waals surface area contributed by atoms with Gasteiger partial charge in [0.15, 0.2) is 11.5 Å². The number of fused-ring (bicyclic) bond motifs is 2. The maximum atomic E-state index is 12.9. The van der Waals surface area contributed by atoms with Gasteiger partial charge in [-0.05, 0) is 78.0 Å². The van der Waals surface area contributed by atoms with E-state index in [0.717, 1.165) is 44.0 Å². The molecule has 2 aromatic heterocycles. The fourth-order valence-electron chi connectivity index (χ4n) is 3.40. The van der Waals surface area contributed by atoms with Gasteiger partial charge < -0.3 is 9.84 Å². The van der Waals surface area contributed by atoms with Gasteiger partial charge in [-0.3, -0.25) is 9.36 Å². The van der Waals surface area contributed by atoms with Crippen molar-refractivity contribution in [2.75, 3.05) is 6.61 Å². The highest BCUT2D eigenvalue weighted by atomic mass is 79.9. The SMILES string of the molecule is CCOc1cc(/C=C2/CCn3c2nc2sc(C)c(C)c2c3=O)cc(Br)c1O. The van der Waals surface area contributed by atoms with Gasteiger partial charge in [0.05, 0.1) is 16.5 Å². The van der Waals surface area contributed by atoms with Gasteiger partial charge in [-0.25, -0.2) is 4.98 Å². The van der Waals surface area contributed by atoms with Crippen LogP contribution in [0, 0.1) is 13.8 Å². The molecule has 0 saturated heterocycles. The first-order valence-corrected chi connectivity index (χ1v) is 10.4. The summed E-state index contributed by atoms with van der Waals surface area (Å²) in [6.07, 6.45) is 2.76. The number of ether oxygens (including phenoxy) is 1. The van der Waals surface area contributed by atoms with Crippen molar-refractivity contribution < 1.29 is 9.84 Å². The fraction of sp³-hybridized carbons (Fsp3) is 0.300. The molecular formula is C20H19BrN2O3S. The van der Waals surface area contributed by atoms with Crippen LogP contribution in [0.3, 0.4) is 0 Å². The smallest absolute Gasteiger partial charge is 0.262 e. The van der Waals surface area contributed by atoms with Gasteiger partial charge in [0.1, 0.15) is 10.7 Å². The van der Waals surface area contributed by atoms with Gasteiger partial charge in [0.2, 0.25) is 0 Å². The van der Waals surface area contributed by atoms with Gasteiger partial charge in [-0.2, -0.15) is 0 Å². The molecule has 1 N–H and O–H groups in total. The number of aryl methyl sites for hydroxylation is 2. The average Bonchev–Trinajstić information content (AvgIpc) is 3.14. The van der Waals surface area contributed by atoms with E-state index in [1.165, 1.54) is 0 Å². The first-order valence-electron chi connectivity index (χ1n) is 8.77. The molecule has 0 unspecified atom stereocenters. The van der Waals surface area contributed by atoms with Crippen LogP contribution in [0.1, 0.15) is 35.2 Å². The largest absolute Gasteiger partial charge is 0.503 e. The van der Waals surface area contributed by atoms with Crippen LogP contribution < -0.4 is 10.3 Å². The van der Waals surface area contributed by atoms with Crippen LogP contribution in [-0.4, -0.2) is 21.3 Å². The second-order valence-corrected chi connectivity index (χ2v) is 8.62. The number of phenolic OH excluding ortho intramolecular Hbond substituents is 1. The number of aromatic hydroxyl groups is 1. The van der Waals surface area contributed by atoms with Crippen LogP contribution in [0.4, 0.5) is 0 Å². The third-order valence-corrected chi connectivity index (χ3v) is 6.58. The Morgan fingerprint density at radius 3 is 2.93 bits per heavy atom. The standard InChI is InChI=1S/C20H19BrN2O3S/c1-4-26-15-9-12(8-14(21)17(15)24)7-13-5-6-23-18(13)22-19-16(20(23)25)10(2)11(3)27-19/h7-9,24H,4-6H2,1-3H3/b13-7-. The molecule has 0 spiro atoms. The van der Waals surface area contributed by atoms with Crippen LogP contribution in [0.2, 0.25) is 0 Å². The maximum Gasteiger partial charge on any atom is 0.262 e. The molecule has 0 radical (unpaired) electrons. The molecular weight excluding hydrogens is 428 g/mol. The molecule has 140 valence electrons. The third-order valence-electron chi connectivity index (χ3n) is 4.87. The molecule has 3 aromatic rings. The molecule has 27 heavy (non-hydrogen) atoms. The Labute approximate surface area is 169 Å². The summed E-state index contributed by atoms with van der Waals surface area (Å²) in [4.78, 5) is 19.7. The van der Waals surface area contributed by atoms with Gasteiger partial charge >= 0.3 is 0 Å². The number of aromatic nitrogens is 2. The summed E-state index contributed by atoms with van der Waals surface area (Å²) in [7, 11) is 0. The Kier molecular flexibility index (Phi) is 4.60. The zero-order valence-electron chi connectivity index (χ0n) is 15.3. The van der Waals surface area contributed by atoms with E-state index in [9.17, 15) is 9.90 Å². The van der Waals surface area contributed by atoms with Crippen LogP contribution >= 0.6 is 27.3 Å². The van der Waals surface area contributed by atoms with E-state index < -0.39 is 0 Å². The zero-order chi connectivity index (χ0) is 19.3. The number of phenols is 1. The average molecular weight is 447 g/mol. The van der Waals surface area contributed by atoms with Crippen LogP contribution in [0.25, 0.3) is 21.9 Å². The first kappa shape index (κ1) is 18.3. The predicted molar refractivity (Wildman–Crippen MR) is 113 cm³/mol. The lowest BCUT2D eigenvalue weighted by atomic mass is 10.1. The Morgan fingerprint density at radius 1 is 1.41 bits per heavy atom. The van der Waals surface area contributed by atoms with Crippen molar-refractivity contribution in [2.24, 2.45) is 0 Å². The van der Waals surface area contributed by atoms with Crippen molar-refractivity contribution in [1.29, 1.82) is 0 Å². The summed E-state index contributed by atoms with van der Waals surface area (Å²) in [5.74, 6) is 1.25. The predicted octanol–water partition coefficient (Wildman–Crippen LogP) is 4.89. The molecule has 7 heteroatoms. The minimum Gasteiger partial charge on any atom is -0.503 e. The highest BCUT2D eigenvalue weighted by Gasteiger charge is 2.23. The number of hydrogen-bond donors (Lipinski definition) is 1. The molecule has 0 amide bonds. The van der Waals surface area contributed by atoms with E-state index in [4.69, 9.17) is 9.72 Å². The van der Waals surface area contributed by atoms with Crippen molar-refractivity contribution in [1.82, 2.24) is 9.55 Å². The van der Waals surface area contributed by atoms with E-state index in [1.807, 2.05) is 32.9 Å².